The number of hydrogen-bond acceptors (Lipinski definition) is 2. The predicted molar refractivity (Wildman–Crippen MR) is 61.2 cm³/mol. The van der Waals surface area contributed by atoms with Gasteiger partial charge in [0.15, 0.2) is 6.73 Å². The first-order chi connectivity index (χ1) is 6.39. The fraction of sp³-hybridized carbons (Fsp3) is 0.818. The lowest BCUT2D eigenvalue weighted by molar-refractivity contribution is -0.909. The topological polar surface area (TPSA) is 29.5 Å². The second-order valence-electron chi connectivity index (χ2n) is 4.00. The van der Waals surface area contributed by atoms with Crippen LogP contribution in [-0.2, 0) is 4.74 Å². The van der Waals surface area contributed by atoms with Gasteiger partial charge in [-0.3, -0.25) is 0 Å². The van der Waals surface area contributed by atoms with Crippen LogP contribution in [0.4, 0.5) is 0 Å². The summed E-state index contributed by atoms with van der Waals surface area (Å²) in [5.74, 6) is 0.255. The summed E-state index contributed by atoms with van der Waals surface area (Å²) in [5, 5.41) is 8.17. The molecule has 0 saturated heterocycles. The van der Waals surface area contributed by atoms with E-state index in [-0.39, 0.29) is 18.2 Å². The third-order valence-electron chi connectivity index (χ3n) is 1.72. The molecule has 0 atom stereocenters. The Hall–Kier alpha value is -0.250. The number of methoxy groups -OCH3 is 1. The van der Waals surface area contributed by atoms with Gasteiger partial charge in [0, 0.05) is 13.5 Å². The van der Waals surface area contributed by atoms with Crippen LogP contribution in [0.15, 0.2) is 12.3 Å². The molecule has 0 spiro atoms. The maximum Gasteiger partial charge on any atom is 0.182 e. The molecule has 15 heavy (non-hydrogen) atoms. The Morgan fingerprint density at radius 3 is 1.93 bits per heavy atom. The van der Waals surface area contributed by atoms with Crippen LogP contribution in [0.25, 0.3) is 0 Å². The Bertz CT molecular complexity index is 142. The lowest BCUT2D eigenvalue weighted by Crippen LogP contribution is -3.00. The molecule has 1 N–H and O–H groups in total. The van der Waals surface area contributed by atoms with Crippen molar-refractivity contribution in [3.05, 3.63) is 12.3 Å². The second-order valence-corrected chi connectivity index (χ2v) is 4.00. The summed E-state index contributed by atoms with van der Waals surface area (Å²) < 4.78 is 6.00. The van der Waals surface area contributed by atoms with E-state index in [2.05, 4.69) is 27.6 Å². The largest absolute Gasteiger partial charge is 1.00 e. The standard InChI is InChI=1S/C7H18NO.C4H8O.ClH/c1-5-6-8(2,3)7-9-4;1-3-4(2)5;/h5-7H2,1-4H3;5H,2-3H2,1H3;1H/q+1;;/p-1. The van der Waals surface area contributed by atoms with E-state index in [0.29, 0.717) is 6.42 Å². The molecule has 0 aromatic heterocycles. The number of ether oxygens (including phenoxy) is 1. The van der Waals surface area contributed by atoms with Crippen molar-refractivity contribution in [1.82, 2.24) is 0 Å². The number of rotatable bonds is 5. The molecule has 0 bridgehead atoms. The number of nitrogens with zero attached hydrogens (tertiary/aromatic N) is 1. The smallest absolute Gasteiger partial charge is 0.182 e. The minimum Gasteiger partial charge on any atom is -1.00 e. The summed E-state index contributed by atoms with van der Waals surface area (Å²) >= 11 is 0. The molecular weight excluding hydrogens is 214 g/mol. The summed E-state index contributed by atoms with van der Waals surface area (Å²) in [6.45, 7) is 9.27. The van der Waals surface area contributed by atoms with Crippen LogP contribution in [-0.4, -0.2) is 44.1 Å². The Kier molecular flexibility index (Phi) is 15.9. The highest BCUT2D eigenvalue weighted by atomic mass is 35.5. The third-order valence-corrected chi connectivity index (χ3v) is 1.72. The maximum absolute atomic E-state index is 8.17. The highest BCUT2D eigenvalue weighted by molar-refractivity contribution is 4.74. The normalized spacial score (nSPS) is 9.67. The molecule has 0 saturated carbocycles. The molecule has 0 radical (unpaired) electrons. The van der Waals surface area contributed by atoms with Gasteiger partial charge in [-0.15, -0.1) is 0 Å². The van der Waals surface area contributed by atoms with Crippen molar-refractivity contribution in [2.75, 3.05) is 34.5 Å². The van der Waals surface area contributed by atoms with Gasteiger partial charge < -0.3 is 26.7 Å². The van der Waals surface area contributed by atoms with E-state index in [1.807, 2.05) is 6.92 Å². The Balaban J connectivity index is -0.000000208. The van der Waals surface area contributed by atoms with E-state index in [1.165, 1.54) is 13.0 Å². The van der Waals surface area contributed by atoms with Gasteiger partial charge in [-0.1, -0.05) is 20.4 Å². The molecule has 0 unspecified atom stereocenters. The molecule has 0 aliphatic heterocycles. The molecule has 0 aliphatic rings. The van der Waals surface area contributed by atoms with Gasteiger partial charge in [0.25, 0.3) is 0 Å². The van der Waals surface area contributed by atoms with Crippen LogP contribution in [0.1, 0.15) is 26.7 Å². The first-order valence-corrected chi connectivity index (χ1v) is 5.07. The van der Waals surface area contributed by atoms with Crippen molar-refractivity contribution in [2.45, 2.75) is 26.7 Å². The lowest BCUT2D eigenvalue weighted by Gasteiger charge is -2.27. The van der Waals surface area contributed by atoms with E-state index in [0.717, 1.165) is 11.2 Å². The van der Waals surface area contributed by atoms with Gasteiger partial charge in [-0.25, -0.2) is 0 Å². The van der Waals surface area contributed by atoms with Gasteiger partial charge in [0.1, 0.15) is 0 Å². The van der Waals surface area contributed by atoms with Crippen LogP contribution in [0, 0.1) is 0 Å². The number of halogens is 1. The molecule has 0 fully saturated rings. The third kappa shape index (κ3) is 20.0. The van der Waals surface area contributed by atoms with Gasteiger partial charge in [-0.05, 0) is 6.42 Å². The van der Waals surface area contributed by atoms with Gasteiger partial charge in [0.2, 0.25) is 0 Å². The van der Waals surface area contributed by atoms with Crippen LogP contribution in [0.2, 0.25) is 0 Å². The Labute approximate surface area is 101 Å². The van der Waals surface area contributed by atoms with E-state index in [4.69, 9.17) is 9.84 Å². The first-order valence-electron chi connectivity index (χ1n) is 5.07. The van der Waals surface area contributed by atoms with Crippen LogP contribution < -0.4 is 12.4 Å². The molecule has 4 heteroatoms. The molecule has 94 valence electrons. The fourth-order valence-electron chi connectivity index (χ4n) is 1.02. The summed E-state index contributed by atoms with van der Waals surface area (Å²) in [6.07, 6.45) is 1.89. The van der Waals surface area contributed by atoms with Crippen molar-refractivity contribution < 1.29 is 26.7 Å². The number of allylic oxidation sites excluding steroid dienone is 1. The average Bonchev–Trinajstić information content (AvgIpc) is 2.05. The molecule has 0 aliphatic carbocycles. The number of quaternary nitrogens is 1. The zero-order valence-electron chi connectivity index (χ0n) is 10.7. The SMILES string of the molecule is C=C(O)CC.CCC[N+](C)(C)COC.[Cl-]. The summed E-state index contributed by atoms with van der Waals surface area (Å²) in [4.78, 5) is 0. The van der Waals surface area contributed by atoms with Crippen LogP contribution in [0.3, 0.4) is 0 Å². The van der Waals surface area contributed by atoms with Gasteiger partial charge in [-0.2, -0.15) is 0 Å². The highest BCUT2D eigenvalue weighted by Crippen LogP contribution is 1.97. The number of aliphatic hydroxyl groups excluding tert-OH is 1. The summed E-state index contributed by atoms with van der Waals surface area (Å²) in [6, 6.07) is 0. The average molecular weight is 240 g/mol. The van der Waals surface area contributed by atoms with Crippen molar-refractivity contribution in [2.24, 2.45) is 0 Å². The zero-order valence-corrected chi connectivity index (χ0v) is 11.5. The molecule has 0 aromatic rings. The molecule has 3 nitrogen and oxygen atoms in total. The molecule has 0 heterocycles. The van der Waals surface area contributed by atoms with E-state index in [9.17, 15) is 0 Å². The van der Waals surface area contributed by atoms with E-state index in [1.54, 1.807) is 7.11 Å². The summed E-state index contributed by atoms with van der Waals surface area (Å²) in [7, 11) is 6.09. The lowest BCUT2D eigenvalue weighted by atomic mass is 10.4. The molecule has 0 rings (SSSR count). The van der Waals surface area contributed by atoms with Crippen LogP contribution >= 0.6 is 0 Å². The quantitative estimate of drug-likeness (QED) is 0.400. The fourth-order valence-corrected chi connectivity index (χ4v) is 1.02. The second kappa shape index (κ2) is 11.8. The van der Waals surface area contributed by atoms with E-state index < -0.39 is 0 Å². The van der Waals surface area contributed by atoms with E-state index >= 15 is 0 Å². The van der Waals surface area contributed by atoms with Crippen LogP contribution in [0.5, 0.6) is 0 Å². The maximum atomic E-state index is 8.17. The van der Waals surface area contributed by atoms with Gasteiger partial charge >= 0.3 is 0 Å². The highest BCUT2D eigenvalue weighted by Gasteiger charge is 2.10. The molecule has 0 aromatic carbocycles. The zero-order chi connectivity index (χ0) is 11.6. The van der Waals surface area contributed by atoms with Crippen molar-refractivity contribution in [1.29, 1.82) is 0 Å². The number of hydrogen-bond donors (Lipinski definition) is 1. The first kappa shape index (κ1) is 20.2. The van der Waals surface area contributed by atoms with Crippen molar-refractivity contribution >= 4 is 0 Å². The monoisotopic (exact) mass is 239 g/mol. The van der Waals surface area contributed by atoms with Gasteiger partial charge in [0.05, 0.1) is 26.4 Å². The molecular formula is C11H26ClNO2. The summed E-state index contributed by atoms with van der Waals surface area (Å²) in [5.41, 5.74) is 0. The Morgan fingerprint density at radius 2 is 1.73 bits per heavy atom. The minimum absolute atomic E-state index is 0. The molecule has 0 amide bonds. The van der Waals surface area contributed by atoms with Crippen molar-refractivity contribution in [3.8, 4) is 0 Å². The Morgan fingerprint density at radius 1 is 1.33 bits per heavy atom. The van der Waals surface area contributed by atoms with Crippen molar-refractivity contribution in [3.63, 3.8) is 0 Å². The number of aliphatic hydroxyl groups is 1. The predicted octanol–water partition coefficient (Wildman–Crippen LogP) is -0.451. The minimum atomic E-state index is 0.